The van der Waals surface area contributed by atoms with E-state index in [-0.39, 0.29) is 16.6 Å². The van der Waals surface area contributed by atoms with Crippen LogP contribution in [0.25, 0.3) is 0 Å². The number of amides is 1. The number of anilines is 1. The molecule has 0 aliphatic carbocycles. The Kier molecular flexibility index (Phi) is 5.95. The van der Waals surface area contributed by atoms with Crippen molar-refractivity contribution in [3.05, 3.63) is 48.2 Å². The molecule has 1 saturated heterocycles. The third kappa shape index (κ3) is 4.44. The number of carbonyl (C=O) groups is 1. The van der Waals surface area contributed by atoms with Crippen LogP contribution in [-0.4, -0.2) is 42.5 Å². The standard InChI is InChI=1S/C18H21N3O3S2/c1-14-6-2-3-7-16(14)20-17(22)13-25-18-9-8-15(12-19-18)26(23,24)21-10-4-5-11-21/h2-3,6-9,12H,4-5,10-11,13H2,1H3,(H,20,22). The molecule has 0 saturated carbocycles. The summed E-state index contributed by atoms with van der Waals surface area (Å²) in [6.45, 7) is 3.07. The average Bonchev–Trinajstić information content (AvgIpc) is 3.18. The Labute approximate surface area is 158 Å². The molecule has 0 spiro atoms. The van der Waals surface area contributed by atoms with Crippen LogP contribution >= 0.6 is 11.8 Å². The number of aryl methyl sites for hydroxylation is 1. The molecule has 1 N–H and O–H groups in total. The molecular weight excluding hydrogens is 370 g/mol. The molecule has 1 aromatic carbocycles. The Balaban J connectivity index is 1.57. The van der Waals surface area contributed by atoms with Gasteiger partial charge in [0.05, 0.1) is 10.8 Å². The van der Waals surface area contributed by atoms with Crippen molar-refractivity contribution >= 4 is 33.4 Å². The van der Waals surface area contributed by atoms with Crippen molar-refractivity contribution in [3.8, 4) is 0 Å². The molecule has 1 fully saturated rings. The number of sulfonamides is 1. The largest absolute Gasteiger partial charge is 0.325 e. The fourth-order valence-electron chi connectivity index (χ4n) is 2.72. The SMILES string of the molecule is Cc1ccccc1NC(=O)CSc1ccc(S(=O)(=O)N2CCCC2)cn1. The Hall–Kier alpha value is -1.90. The number of carbonyl (C=O) groups excluding carboxylic acids is 1. The summed E-state index contributed by atoms with van der Waals surface area (Å²) in [5.74, 6) is 0.0828. The van der Waals surface area contributed by atoms with Gasteiger partial charge in [0.1, 0.15) is 4.90 Å². The number of rotatable bonds is 6. The highest BCUT2D eigenvalue weighted by Crippen LogP contribution is 2.23. The normalized spacial score (nSPS) is 15.1. The molecule has 8 heteroatoms. The summed E-state index contributed by atoms with van der Waals surface area (Å²) >= 11 is 1.27. The number of nitrogens with one attached hydrogen (secondary N) is 1. The molecule has 6 nitrogen and oxygen atoms in total. The molecule has 1 amide bonds. The van der Waals surface area contributed by atoms with E-state index in [1.807, 2.05) is 31.2 Å². The van der Waals surface area contributed by atoms with E-state index < -0.39 is 10.0 Å². The van der Waals surface area contributed by atoms with E-state index in [1.165, 1.54) is 22.3 Å². The van der Waals surface area contributed by atoms with Crippen molar-refractivity contribution in [1.82, 2.24) is 9.29 Å². The first kappa shape index (κ1) is 18.9. The maximum absolute atomic E-state index is 12.5. The fourth-order valence-corrected chi connectivity index (χ4v) is 4.83. The zero-order chi connectivity index (χ0) is 18.6. The molecular formula is C18H21N3O3S2. The van der Waals surface area contributed by atoms with Crippen LogP contribution in [0.2, 0.25) is 0 Å². The first-order valence-electron chi connectivity index (χ1n) is 8.41. The molecule has 0 bridgehead atoms. The molecule has 3 rings (SSSR count). The van der Waals surface area contributed by atoms with Gasteiger partial charge in [0.15, 0.2) is 0 Å². The van der Waals surface area contributed by atoms with Gasteiger partial charge >= 0.3 is 0 Å². The summed E-state index contributed by atoms with van der Waals surface area (Å²) < 4.78 is 26.4. The molecule has 2 heterocycles. The molecule has 1 aromatic heterocycles. The minimum Gasteiger partial charge on any atom is -0.325 e. The fraction of sp³-hybridized carbons (Fsp3) is 0.333. The summed E-state index contributed by atoms with van der Waals surface area (Å²) in [5.41, 5.74) is 1.79. The second-order valence-corrected chi connectivity index (χ2v) is 9.03. The molecule has 0 unspecified atom stereocenters. The topological polar surface area (TPSA) is 79.4 Å². The number of hydrogen-bond donors (Lipinski definition) is 1. The predicted molar refractivity (Wildman–Crippen MR) is 103 cm³/mol. The van der Waals surface area contributed by atoms with Crippen LogP contribution in [0.4, 0.5) is 5.69 Å². The van der Waals surface area contributed by atoms with Crippen molar-refractivity contribution in [2.45, 2.75) is 29.7 Å². The quantitative estimate of drug-likeness (QED) is 0.766. The van der Waals surface area contributed by atoms with E-state index in [1.54, 1.807) is 12.1 Å². The van der Waals surface area contributed by atoms with Crippen molar-refractivity contribution < 1.29 is 13.2 Å². The van der Waals surface area contributed by atoms with Gasteiger partial charge in [-0.2, -0.15) is 4.31 Å². The minimum atomic E-state index is -3.45. The van der Waals surface area contributed by atoms with Gasteiger partial charge < -0.3 is 5.32 Å². The molecule has 26 heavy (non-hydrogen) atoms. The van der Waals surface area contributed by atoms with Gasteiger partial charge in [0.25, 0.3) is 0 Å². The highest BCUT2D eigenvalue weighted by molar-refractivity contribution is 7.99. The van der Waals surface area contributed by atoms with E-state index in [2.05, 4.69) is 10.3 Å². The second-order valence-electron chi connectivity index (χ2n) is 6.10. The first-order chi connectivity index (χ1) is 12.5. The van der Waals surface area contributed by atoms with Crippen molar-refractivity contribution in [3.63, 3.8) is 0 Å². The van der Waals surface area contributed by atoms with Crippen molar-refractivity contribution in [2.24, 2.45) is 0 Å². The Morgan fingerprint density at radius 2 is 1.92 bits per heavy atom. The highest BCUT2D eigenvalue weighted by atomic mass is 32.2. The summed E-state index contributed by atoms with van der Waals surface area (Å²) in [7, 11) is -3.45. The van der Waals surface area contributed by atoms with Crippen molar-refractivity contribution in [2.75, 3.05) is 24.2 Å². The Morgan fingerprint density at radius 1 is 1.19 bits per heavy atom. The zero-order valence-electron chi connectivity index (χ0n) is 14.5. The number of thioether (sulfide) groups is 1. The predicted octanol–water partition coefficient (Wildman–Crippen LogP) is 2.91. The molecule has 0 atom stereocenters. The smallest absolute Gasteiger partial charge is 0.244 e. The highest BCUT2D eigenvalue weighted by Gasteiger charge is 2.27. The van der Waals surface area contributed by atoms with Gasteiger partial charge in [-0.1, -0.05) is 30.0 Å². The lowest BCUT2D eigenvalue weighted by molar-refractivity contribution is -0.113. The van der Waals surface area contributed by atoms with E-state index in [0.717, 1.165) is 24.1 Å². The first-order valence-corrected chi connectivity index (χ1v) is 10.8. The van der Waals surface area contributed by atoms with E-state index >= 15 is 0 Å². The van der Waals surface area contributed by atoms with Crippen LogP contribution < -0.4 is 5.32 Å². The second kappa shape index (κ2) is 8.20. The lowest BCUT2D eigenvalue weighted by Crippen LogP contribution is -2.27. The number of benzene rings is 1. The van der Waals surface area contributed by atoms with Gasteiger partial charge in [-0.15, -0.1) is 0 Å². The number of pyridine rings is 1. The lowest BCUT2D eigenvalue weighted by Gasteiger charge is -2.15. The monoisotopic (exact) mass is 391 g/mol. The van der Waals surface area contributed by atoms with Gasteiger partial charge in [-0.3, -0.25) is 4.79 Å². The van der Waals surface area contributed by atoms with Crippen LogP contribution in [0.3, 0.4) is 0 Å². The van der Waals surface area contributed by atoms with Crippen LogP contribution in [-0.2, 0) is 14.8 Å². The van der Waals surface area contributed by atoms with Gasteiger partial charge in [0.2, 0.25) is 15.9 Å². The number of hydrogen-bond acceptors (Lipinski definition) is 5. The van der Waals surface area contributed by atoms with Crippen molar-refractivity contribution in [1.29, 1.82) is 0 Å². The third-order valence-electron chi connectivity index (χ3n) is 4.18. The molecule has 138 valence electrons. The summed E-state index contributed by atoms with van der Waals surface area (Å²) in [4.78, 5) is 16.5. The summed E-state index contributed by atoms with van der Waals surface area (Å²) in [6, 6.07) is 10.8. The van der Waals surface area contributed by atoms with Gasteiger partial charge in [0, 0.05) is 25.0 Å². The van der Waals surface area contributed by atoms with E-state index in [9.17, 15) is 13.2 Å². The number of para-hydroxylation sites is 1. The van der Waals surface area contributed by atoms with E-state index in [4.69, 9.17) is 0 Å². The number of aromatic nitrogens is 1. The van der Waals surface area contributed by atoms with Crippen LogP contribution in [0.1, 0.15) is 18.4 Å². The molecule has 2 aromatic rings. The van der Waals surface area contributed by atoms with Crippen LogP contribution in [0, 0.1) is 6.92 Å². The molecule has 1 aliphatic heterocycles. The van der Waals surface area contributed by atoms with Crippen LogP contribution in [0.5, 0.6) is 0 Å². The summed E-state index contributed by atoms with van der Waals surface area (Å²) in [5, 5.41) is 3.48. The van der Waals surface area contributed by atoms with Gasteiger partial charge in [-0.05, 0) is 43.5 Å². The minimum absolute atomic E-state index is 0.125. The Bertz CT molecular complexity index is 877. The average molecular weight is 392 g/mol. The molecule has 0 radical (unpaired) electrons. The number of nitrogens with zero attached hydrogens (tertiary/aromatic N) is 2. The van der Waals surface area contributed by atoms with E-state index in [0.29, 0.717) is 18.1 Å². The Morgan fingerprint density at radius 3 is 2.58 bits per heavy atom. The molecule has 1 aliphatic rings. The zero-order valence-corrected chi connectivity index (χ0v) is 16.1. The maximum atomic E-state index is 12.5. The lowest BCUT2D eigenvalue weighted by atomic mass is 10.2. The van der Waals surface area contributed by atoms with Crippen LogP contribution in [0.15, 0.2) is 52.5 Å². The third-order valence-corrected chi connectivity index (χ3v) is 7.01. The summed E-state index contributed by atoms with van der Waals surface area (Å²) in [6.07, 6.45) is 3.17. The van der Waals surface area contributed by atoms with Gasteiger partial charge in [-0.25, -0.2) is 13.4 Å². The maximum Gasteiger partial charge on any atom is 0.244 e.